The zero-order valence-electron chi connectivity index (χ0n) is 7.03. The van der Waals surface area contributed by atoms with Crippen molar-refractivity contribution in [1.29, 1.82) is 0 Å². The molecule has 0 saturated heterocycles. The van der Waals surface area contributed by atoms with Gasteiger partial charge >= 0.3 is 5.97 Å². The second kappa shape index (κ2) is 4.50. The molecule has 68 valence electrons. The molecule has 0 fully saturated rings. The zero-order chi connectivity index (χ0) is 9.72. The second-order valence-corrected chi connectivity index (χ2v) is 2.20. The quantitative estimate of drug-likeness (QED) is 0.481. The van der Waals surface area contributed by atoms with E-state index in [0.717, 1.165) is 5.06 Å². The molecule has 0 saturated carbocycles. The Balaban J connectivity index is 4.24. The highest BCUT2D eigenvalue weighted by Crippen LogP contribution is 1.97. The third-order valence-electron chi connectivity index (χ3n) is 1.09. The van der Waals surface area contributed by atoms with Crippen LogP contribution in [0.15, 0.2) is 12.2 Å². The van der Waals surface area contributed by atoms with Gasteiger partial charge in [0, 0.05) is 5.57 Å². The van der Waals surface area contributed by atoms with Crippen LogP contribution >= 0.6 is 0 Å². The molecule has 0 unspecified atom stereocenters. The number of carboxylic acids is 1. The van der Waals surface area contributed by atoms with E-state index in [1.165, 1.54) is 14.0 Å². The number of carbonyl (C=O) groups is 2. The summed E-state index contributed by atoms with van der Waals surface area (Å²) in [5.74, 6) is -1.66. The van der Waals surface area contributed by atoms with Gasteiger partial charge in [0.15, 0.2) is 0 Å². The van der Waals surface area contributed by atoms with Crippen molar-refractivity contribution in [3.63, 3.8) is 0 Å². The van der Waals surface area contributed by atoms with Crippen LogP contribution in [0.25, 0.3) is 0 Å². The summed E-state index contributed by atoms with van der Waals surface area (Å²) in [6.07, 6.45) is 0. The van der Waals surface area contributed by atoms with Crippen molar-refractivity contribution in [2.45, 2.75) is 6.92 Å². The van der Waals surface area contributed by atoms with Crippen LogP contribution in [-0.2, 0) is 14.4 Å². The first kappa shape index (κ1) is 10.6. The lowest BCUT2D eigenvalue weighted by molar-refractivity contribution is -0.179. The van der Waals surface area contributed by atoms with Crippen molar-refractivity contribution in [3.05, 3.63) is 12.2 Å². The van der Waals surface area contributed by atoms with Crippen molar-refractivity contribution in [1.82, 2.24) is 5.06 Å². The predicted molar refractivity (Wildman–Crippen MR) is 41.2 cm³/mol. The lowest BCUT2D eigenvalue weighted by Crippen LogP contribution is -2.34. The summed E-state index contributed by atoms with van der Waals surface area (Å²) in [5, 5.41) is 9.07. The Kier molecular flexibility index (Phi) is 3.99. The summed E-state index contributed by atoms with van der Waals surface area (Å²) < 4.78 is 0. The Labute approximate surface area is 70.2 Å². The van der Waals surface area contributed by atoms with Crippen LogP contribution in [0.1, 0.15) is 6.92 Å². The lowest BCUT2D eigenvalue weighted by atomic mass is 10.3. The number of hydroxylamine groups is 2. The minimum atomic E-state index is -1.13. The van der Waals surface area contributed by atoms with E-state index in [1.807, 2.05) is 0 Å². The molecular formula is C7H11NO4. The van der Waals surface area contributed by atoms with Gasteiger partial charge in [0.25, 0.3) is 5.91 Å². The summed E-state index contributed by atoms with van der Waals surface area (Å²) >= 11 is 0. The summed E-state index contributed by atoms with van der Waals surface area (Å²) in [7, 11) is 1.23. The summed E-state index contributed by atoms with van der Waals surface area (Å²) in [5.41, 5.74) is 0.234. The number of carbonyl (C=O) groups excluding carboxylic acids is 1. The van der Waals surface area contributed by atoms with Gasteiger partial charge in [0.05, 0.1) is 7.11 Å². The van der Waals surface area contributed by atoms with Gasteiger partial charge in [-0.25, -0.2) is 5.06 Å². The molecule has 12 heavy (non-hydrogen) atoms. The molecule has 5 nitrogen and oxygen atoms in total. The molecule has 0 aromatic carbocycles. The van der Waals surface area contributed by atoms with E-state index in [9.17, 15) is 9.59 Å². The number of nitrogens with zero attached hydrogens (tertiary/aromatic N) is 1. The first-order chi connectivity index (χ1) is 5.49. The van der Waals surface area contributed by atoms with E-state index in [2.05, 4.69) is 11.4 Å². The Morgan fingerprint density at radius 2 is 2.08 bits per heavy atom. The summed E-state index contributed by atoms with van der Waals surface area (Å²) in [6, 6.07) is 0. The van der Waals surface area contributed by atoms with Crippen molar-refractivity contribution in [2.75, 3.05) is 13.7 Å². The Morgan fingerprint density at radius 3 is 2.33 bits per heavy atom. The van der Waals surface area contributed by atoms with Gasteiger partial charge in [-0.2, -0.15) is 0 Å². The maximum absolute atomic E-state index is 11.0. The molecule has 0 rings (SSSR count). The van der Waals surface area contributed by atoms with Crippen LogP contribution in [0.2, 0.25) is 0 Å². The molecule has 0 atom stereocenters. The highest BCUT2D eigenvalue weighted by molar-refractivity contribution is 5.93. The molecule has 5 heteroatoms. The molecule has 0 heterocycles. The molecule has 0 bridgehead atoms. The number of hydrogen-bond acceptors (Lipinski definition) is 3. The molecular weight excluding hydrogens is 162 g/mol. The van der Waals surface area contributed by atoms with Gasteiger partial charge < -0.3 is 5.11 Å². The molecule has 1 amide bonds. The van der Waals surface area contributed by atoms with Crippen LogP contribution in [0.5, 0.6) is 0 Å². The van der Waals surface area contributed by atoms with Crippen molar-refractivity contribution in [3.8, 4) is 0 Å². The number of hydrogen-bond donors (Lipinski definition) is 1. The van der Waals surface area contributed by atoms with E-state index in [4.69, 9.17) is 5.11 Å². The van der Waals surface area contributed by atoms with Gasteiger partial charge in [0.1, 0.15) is 6.54 Å². The van der Waals surface area contributed by atoms with E-state index in [1.54, 1.807) is 0 Å². The zero-order valence-corrected chi connectivity index (χ0v) is 7.03. The smallest absolute Gasteiger partial charge is 0.325 e. The Hall–Kier alpha value is -1.36. The first-order valence-electron chi connectivity index (χ1n) is 3.22. The monoisotopic (exact) mass is 173 g/mol. The number of rotatable bonds is 4. The highest BCUT2D eigenvalue weighted by Gasteiger charge is 2.16. The van der Waals surface area contributed by atoms with Crippen LogP contribution in [0.3, 0.4) is 0 Å². The Bertz CT molecular complexity index is 211. The summed E-state index contributed by atoms with van der Waals surface area (Å²) in [6.45, 7) is 4.37. The van der Waals surface area contributed by atoms with E-state index in [-0.39, 0.29) is 5.57 Å². The minimum Gasteiger partial charge on any atom is -0.480 e. The molecule has 1 N–H and O–H groups in total. The fourth-order valence-corrected chi connectivity index (χ4v) is 0.555. The van der Waals surface area contributed by atoms with Crippen molar-refractivity contribution < 1.29 is 19.5 Å². The van der Waals surface area contributed by atoms with Gasteiger partial charge in [-0.15, -0.1) is 0 Å². The maximum Gasteiger partial charge on any atom is 0.325 e. The van der Waals surface area contributed by atoms with Gasteiger partial charge in [-0.1, -0.05) is 6.58 Å². The average Bonchev–Trinajstić information content (AvgIpc) is 1.98. The van der Waals surface area contributed by atoms with Crippen LogP contribution in [0, 0.1) is 0 Å². The molecule has 0 aromatic rings. The van der Waals surface area contributed by atoms with E-state index < -0.39 is 18.4 Å². The van der Waals surface area contributed by atoms with E-state index >= 15 is 0 Å². The number of carboxylic acid groups (broad SMARTS) is 1. The highest BCUT2D eigenvalue weighted by atomic mass is 16.7. The van der Waals surface area contributed by atoms with Crippen LogP contribution in [-0.4, -0.2) is 35.7 Å². The molecule has 0 spiro atoms. The fraction of sp³-hybridized carbons (Fsp3) is 0.429. The lowest BCUT2D eigenvalue weighted by Gasteiger charge is -2.16. The van der Waals surface area contributed by atoms with Crippen LogP contribution in [0.4, 0.5) is 0 Å². The third kappa shape index (κ3) is 3.16. The standard InChI is InChI=1S/C7H11NO4/c1-5(2)7(11)8(12-3)4-6(9)10/h1,4H2,2-3H3,(H,9,10). The van der Waals surface area contributed by atoms with Crippen molar-refractivity contribution in [2.24, 2.45) is 0 Å². The predicted octanol–water partition coefficient (Wildman–Crippen LogP) is 0.0371. The molecule has 0 aliphatic carbocycles. The fourth-order valence-electron chi connectivity index (χ4n) is 0.555. The summed E-state index contributed by atoms with van der Waals surface area (Å²) in [4.78, 5) is 25.8. The molecule has 0 aliphatic rings. The van der Waals surface area contributed by atoms with Crippen LogP contribution < -0.4 is 0 Å². The number of aliphatic carboxylic acids is 1. The normalized spacial score (nSPS) is 9.17. The average molecular weight is 173 g/mol. The molecule has 0 aromatic heterocycles. The third-order valence-corrected chi connectivity index (χ3v) is 1.09. The van der Waals surface area contributed by atoms with Gasteiger partial charge in [-0.3, -0.25) is 14.4 Å². The maximum atomic E-state index is 11.0. The second-order valence-electron chi connectivity index (χ2n) is 2.20. The molecule has 0 aliphatic heterocycles. The minimum absolute atomic E-state index is 0.234. The van der Waals surface area contributed by atoms with Gasteiger partial charge in [-0.05, 0) is 6.92 Å². The van der Waals surface area contributed by atoms with E-state index in [0.29, 0.717) is 0 Å². The Morgan fingerprint density at radius 1 is 1.58 bits per heavy atom. The number of amides is 1. The first-order valence-corrected chi connectivity index (χ1v) is 3.22. The van der Waals surface area contributed by atoms with Crippen molar-refractivity contribution >= 4 is 11.9 Å². The molecule has 0 radical (unpaired) electrons. The largest absolute Gasteiger partial charge is 0.480 e. The topological polar surface area (TPSA) is 66.8 Å². The SMILES string of the molecule is C=C(C)C(=O)N(CC(=O)O)OC. The van der Waals surface area contributed by atoms with Gasteiger partial charge in [0.2, 0.25) is 0 Å².